The van der Waals surface area contributed by atoms with Crippen molar-refractivity contribution in [2.75, 3.05) is 6.61 Å². The maximum atomic E-state index is 5.05. The van der Waals surface area contributed by atoms with Gasteiger partial charge < -0.3 is 4.84 Å². The fourth-order valence-electron chi connectivity index (χ4n) is 2.00. The molecule has 2 rings (SSSR count). The van der Waals surface area contributed by atoms with Crippen LogP contribution in [0, 0.1) is 6.92 Å². The highest BCUT2D eigenvalue weighted by molar-refractivity contribution is 7.12. The third-order valence-electron chi connectivity index (χ3n) is 3.13. The topological polar surface area (TPSA) is 48.1 Å². The van der Waals surface area contributed by atoms with Crippen LogP contribution in [-0.4, -0.2) is 11.6 Å². The molecule has 19 heavy (non-hydrogen) atoms. The van der Waals surface area contributed by atoms with Crippen LogP contribution in [0.3, 0.4) is 0 Å². The molecule has 0 saturated carbocycles. The Hall–Kier alpha value is -1.23. The number of hydrogen-bond acceptors (Lipinski definition) is 4. The Morgan fingerprint density at radius 2 is 1.95 bits per heavy atom. The van der Waals surface area contributed by atoms with Crippen molar-refractivity contribution in [3.8, 4) is 11.3 Å². The zero-order chi connectivity index (χ0) is 13.8. The number of aryl methyl sites for hydroxylation is 1. The molecule has 0 aliphatic rings. The van der Waals surface area contributed by atoms with Crippen molar-refractivity contribution in [3.05, 3.63) is 39.7 Å². The Morgan fingerprint density at radius 3 is 2.53 bits per heavy atom. The Bertz CT molecular complexity index is 532. The first-order chi connectivity index (χ1) is 9.11. The molecule has 102 valence electrons. The molecule has 2 aromatic rings. The van der Waals surface area contributed by atoms with Crippen molar-refractivity contribution >= 4 is 11.3 Å². The molecule has 0 bridgehead atoms. The van der Waals surface area contributed by atoms with E-state index in [0.717, 1.165) is 17.1 Å². The first-order valence-electron chi connectivity index (χ1n) is 6.50. The van der Waals surface area contributed by atoms with E-state index in [2.05, 4.69) is 54.9 Å². The third kappa shape index (κ3) is 3.41. The molecule has 4 heteroatoms. The van der Waals surface area contributed by atoms with Crippen LogP contribution in [0.2, 0.25) is 0 Å². The predicted molar refractivity (Wildman–Crippen MR) is 80.2 cm³/mol. The number of hydrogen-bond donors (Lipinski definition) is 1. The van der Waals surface area contributed by atoms with Crippen LogP contribution >= 0.6 is 11.3 Å². The van der Waals surface area contributed by atoms with Gasteiger partial charge in [0.2, 0.25) is 0 Å². The van der Waals surface area contributed by atoms with Crippen molar-refractivity contribution in [1.29, 1.82) is 0 Å². The summed E-state index contributed by atoms with van der Waals surface area (Å²) in [4.78, 5) is 10.5. The zero-order valence-electron chi connectivity index (χ0n) is 11.6. The highest BCUT2D eigenvalue weighted by Crippen LogP contribution is 2.28. The van der Waals surface area contributed by atoms with Crippen LogP contribution in [0.15, 0.2) is 24.3 Å². The normalized spacial score (nSPS) is 11.2. The molecule has 0 aliphatic carbocycles. The van der Waals surface area contributed by atoms with Crippen LogP contribution in [0.25, 0.3) is 11.3 Å². The second-order valence-electron chi connectivity index (χ2n) is 4.91. The quantitative estimate of drug-likeness (QED) is 0.848. The molecule has 0 spiro atoms. The summed E-state index contributed by atoms with van der Waals surface area (Å²) in [5.74, 6) is 5.61. The smallest absolute Gasteiger partial charge is 0.0959 e. The van der Waals surface area contributed by atoms with Gasteiger partial charge in [-0.25, -0.2) is 10.9 Å². The number of aromatic nitrogens is 1. The van der Waals surface area contributed by atoms with Crippen LogP contribution in [-0.2, 0) is 11.3 Å². The molecule has 1 heterocycles. The third-order valence-corrected chi connectivity index (χ3v) is 4.16. The lowest BCUT2D eigenvalue weighted by atomic mass is 10.0. The van der Waals surface area contributed by atoms with Gasteiger partial charge in [0.05, 0.1) is 17.3 Å². The summed E-state index contributed by atoms with van der Waals surface area (Å²) in [6.07, 6.45) is 0.770. The number of rotatable bonds is 5. The summed E-state index contributed by atoms with van der Waals surface area (Å²) in [5, 5.41) is 1.07. The largest absolute Gasteiger partial charge is 0.304 e. The molecule has 0 atom stereocenters. The fourth-order valence-corrected chi connectivity index (χ4v) is 2.93. The summed E-state index contributed by atoms with van der Waals surface area (Å²) < 4.78 is 0. The van der Waals surface area contributed by atoms with Gasteiger partial charge in [-0.15, -0.1) is 11.3 Å². The molecule has 0 saturated heterocycles. The molecule has 0 amide bonds. The van der Waals surface area contributed by atoms with Crippen molar-refractivity contribution in [3.63, 3.8) is 0 Å². The van der Waals surface area contributed by atoms with Gasteiger partial charge in [-0.1, -0.05) is 38.1 Å². The molecule has 1 aromatic carbocycles. The summed E-state index contributed by atoms with van der Waals surface area (Å²) >= 11 is 1.71. The minimum Gasteiger partial charge on any atom is -0.304 e. The van der Waals surface area contributed by atoms with E-state index >= 15 is 0 Å². The van der Waals surface area contributed by atoms with Gasteiger partial charge in [0.15, 0.2) is 0 Å². The number of nitrogens with two attached hydrogens (primary N) is 1. The molecule has 0 fully saturated rings. The van der Waals surface area contributed by atoms with E-state index in [4.69, 9.17) is 5.90 Å². The van der Waals surface area contributed by atoms with E-state index in [0.29, 0.717) is 12.5 Å². The standard InChI is InChI=1S/C15H20N2OS/c1-10(2)12-4-6-13(7-5-12)15-11(3)19-14(17-15)8-9-18-16/h4-7,10H,8-9,16H2,1-3H3. The lowest BCUT2D eigenvalue weighted by molar-refractivity contribution is 0.141. The van der Waals surface area contributed by atoms with Gasteiger partial charge in [-0.05, 0) is 18.4 Å². The lowest BCUT2D eigenvalue weighted by Crippen LogP contribution is -2.03. The van der Waals surface area contributed by atoms with E-state index in [1.54, 1.807) is 11.3 Å². The molecular weight excluding hydrogens is 256 g/mol. The van der Waals surface area contributed by atoms with Crippen LogP contribution in [0.4, 0.5) is 0 Å². The minimum absolute atomic E-state index is 0.513. The second kappa shape index (κ2) is 6.28. The Labute approximate surface area is 118 Å². The summed E-state index contributed by atoms with van der Waals surface area (Å²) in [6, 6.07) is 8.67. The molecular formula is C15H20N2OS. The molecule has 0 aliphatic heterocycles. The molecule has 0 radical (unpaired) electrons. The van der Waals surface area contributed by atoms with Crippen LogP contribution in [0.1, 0.15) is 35.2 Å². The molecule has 1 aromatic heterocycles. The highest BCUT2D eigenvalue weighted by Gasteiger charge is 2.10. The van der Waals surface area contributed by atoms with Gasteiger partial charge in [0, 0.05) is 16.9 Å². The molecule has 2 N–H and O–H groups in total. The van der Waals surface area contributed by atoms with Crippen molar-refractivity contribution in [1.82, 2.24) is 4.98 Å². The first-order valence-corrected chi connectivity index (χ1v) is 7.31. The Balaban J connectivity index is 2.23. The predicted octanol–water partition coefficient (Wildman–Crippen LogP) is 3.67. The number of benzene rings is 1. The van der Waals surface area contributed by atoms with Gasteiger partial charge >= 0.3 is 0 Å². The Morgan fingerprint density at radius 1 is 1.26 bits per heavy atom. The maximum Gasteiger partial charge on any atom is 0.0959 e. The van der Waals surface area contributed by atoms with Gasteiger partial charge in [0.1, 0.15) is 0 Å². The summed E-state index contributed by atoms with van der Waals surface area (Å²) in [6.45, 7) is 7.02. The van der Waals surface area contributed by atoms with Crippen molar-refractivity contribution in [2.24, 2.45) is 5.90 Å². The van der Waals surface area contributed by atoms with E-state index in [-0.39, 0.29) is 0 Å². The van der Waals surface area contributed by atoms with Gasteiger partial charge in [0.25, 0.3) is 0 Å². The van der Waals surface area contributed by atoms with Crippen LogP contribution < -0.4 is 5.90 Å². The lowest BCUT2D eigenvalue weighted by Gasteiger charge is -2.06. The van der Waals surface area contributed by atoms with E-state index < -0.39 is 0 Å². The zero-order valence-corrected chi connectivity index (χ0v) is 12.5. The second-order valence-corrected chi connectivity index (χ2v) is 6.20. The van der Waals surface area contributed by atoms with Gasteiger partial charge in [-0.2, -0.15) is 0 Å². The van der Waals surface area contributed by atoms with E-state index in [1.165, 1.54) is 16.0 Å². The monoisotopic (exact) mass is 276 g/mol. The summed E-state index contributed by atoms with van der Waals surface area (Å²) in [7, 11) is 0. The maximum absolute atomic E-state index is 5.05. The van der Waals surface area contributed by atoms with Crippen molar-refractivity contribution in [2.45, 2.75) is 33.1 Å². The molecule has 0 unspecified atom stereocenters. The Kier molecular flexibility index (Phi) is 4.69. The number of thiazole rings is 1. The van der Waals surface area contributed by atoms with Crippen LogP contribution in [0.5, 0.6) is 0 Å². The number of nitrogens with zero attached hydrogens (tertiary/aromatic N) is 1. The summed E-state index contributed by atoms with van der Waals surface area (Å²) in [5.41, 5.74) is 3.61. The minimum atomic E-state index is 0.513. The average Bonchev–Trinajstić information content (AvgIpc) is 2.77. The fraction of sp³-hybridized carbons (Fsp3) is 0.400. The van der Waals surface area contributed by atoms with Gasteiger partial charge in [-0.3, -0.25) is 0 Å². The SMILES string of the molecule is Cc1sc(CCON)nc1-c1ccc(C(C)C)cc1. The van der Waals surface area contributed by atoms with E-state index in [1.807, 2.05) is 0 Å². The molecule has 3 nitrogen and oxygen atoms in total. The average molecular weight is 276 g/mol. The highest BCUT2D eigenvalue weighted by atomic mass is 32.1. The first kappa shape index (κ1) is 14.2. The van der Waals surface area contributed by atoms with Crippen molar-refractivity contribution < 1.29 is 4.84 Å². The van der Waals surface area contributed by atoms with E-state index in [9.17, 15) is 0 Å².